The van der Waals surface area contributed by atoms with Gasteiger partial charge in [-0.2, -0.15) is 0 Å². The molecule has 13 aromatic rings. The van der Waals surface area contributed by atoms with Gasteiger partial charge in [0.05, 0.1) is 0 Å². The lowest BCUT2D eigenvalue weighted by Gasteiger charge is -2.30. The number of benzene rings is 13. The molecule has 90 heavy (non-hydrogen) atoms. The van der Waals surface area contributed by atoms with Crippen molar-refractivity contribution < 1.29 is 0 Å². The van der Waals surface area contributed by atoms with Gasteiger partial charge in [-0.1, -0.05) is 246 Å². The molecule has 0 radical (unpaired) electrons. The van der Waals surface area contributed by atoms with Crippen molar-refractivity contribution in [1.29, 1.82) is 0 Å². The average Bonchev–Trinajstić information content (AvgIpc) is 1.17. The number of fused-ring (bicyclic) bond motifs is 9. The molecule has 1 atom stereocenters. The monoisotopic (exact) mass is 1150 g/mol. The first-order chi connectivity index (χ1) is 44.1. The van der Waals surface area contributed by atoms with Crippen LogP contribution in [0.25, 0.3) is 93.2 Å². The molecule has 4 aliphatic carbocycles. The maximum Gasteiger partial charge on any atom is 0.0468 e. The summed E-state index contributed by atoms with van der Waals surface area (Å²) >= 11 is 0. The Hall–Kier alpha value is -10.5. The minimum Gasteiger partial charge on any atom is -0.311 e. The SMILES string of the molecule is CC1(C)C2=C(C=CCC2)c2ccc(C3C=CC(N(c4ccccc4)c4ccc5c(-c6ccc7ccccc7c6)c6cc(N(c7ccccc7)c7ccc(-c8ccc9c(c8)C(C)(C)c8ccccc8-9)cc7)ccc6c(-c6ccc7ccccc7c6)c5c4)=CC3)cc21. The number of hydrogen-bond acceptors (Lipinski definition) is 2. The molecule has 2 nitrogen and oxygen atoms in total. The first-order valence-corrected chi connectivity index (χ1v) is 32.1. The Balaban J connectivity index is 0.832. The van der Waals surface area contributed by atoms with Gasteiger partial charge in [0.25, 0.3) is 0 Å². The lowest BCUT2D eigenvalue weighted by atomic mass is 9.77. The molecule has 0 N–H and O–H groups in total. The van der Waals surface area contributed by atoms with Gasteiger partial charge < -0.3 is 9.80 Å². The van der Waals surface area contributed by atoms with Crippen molar-refractivity contribution >= 4 is 77.1 Å². The fourth-order valence-electron chi connectivity index (χ4n) is 15.8. The highest BCUT2D eigenvalue weighted by Gasteiger charge is 2.38. The number of para-hydroxylation sites is 2. The molecular weight excluding hydrogens is 1080 g/mol. The Labute approximate surface area is 528 Å². The van der Waals surface area contributed by atoms with Crippen LogP contribution in [-0.4, -0.2) is 0 Å². The lowest BCUT2D eigenvalue weighted by Crippen LogP contribution is -2.19. The molecule has 0 saturated carbocycles. The van der Waals surface area contributed by atoms with E-state index in [1.165, 1.54) is 127 Å². The van der Waals surface area contributed by atoms with E-state index in [0.29, 0.717) is 0 Å². The van der Waals surface area contributed by atoms with Crippen molar-refractivity contribution in [1.82, 2.24) is 0 Å². The minimum absolute atomic E-state index is 0.0327. The number of anilines is 5. The summed E-state index contributed by atoms with van der Waals surface area (Å²) in [7, 11) is 0. The van der Waals surface area contributed by atoms with Crippen LogP contribution < -0.4 is 9.80 Å². The molecule has 0 saturated heterocycles. The van der Waals surface area contributed by atoms with E-state index in [0.717, 1.165) is 47.7 Å². The number of hydrogen-bond donors (Lipinski definition) is 0. The molecule has 17 rings (SSSR count). The quantitative estimate of drug-likeness (QED) is 0.126. The zero-order valence-corrected chi connectivity index (χ0v) is 51.4. The van der Waals surface area contributed by atoms with Gasteiger partial charge in [0, 0.05) is 50.9 Å². The molecule has 4 aliphatic rings. The number of nitrogens with zero attached hydrogens (tertiary/aromatic N) is 2. The van der Waals surface area contributed by atoms with Gasteiger partial charge in [-0.3, -0.25) is 0 Å². The van der Waals surface area contributed by atoms with E-state index in [1.54, 1.807) is 5.57 Å². The molecule has 0 amide bonds. The fourth-order valence-corrected chi connectivity index (χ4v) is 15.8. The van der Waals surface area contributed by atoms with Crippen LogP contribution in [0, 0.1) is 0 Å². The summed E-state index contributed by atoms with van der Waals surface area (Å²) in [4.78, 5) is 4.90. The maximum atomic E-state index is 2.52. The lowest BCUT2D eigenvalue weighted by molar-refractivity contribution is 0.606. The Morgan fingerprint density at radius 2 is 0.878 bits per heavy atom. The molecule has 1 unspecified atom stereocenters. The second-order valence-corrected chi connectivity index (χ2v) is 26.2. The van der Waals surface area contributed by atoms with Gasteiger partial charge >= 0.3 is 0 Å². The van der Waals surface area contributed by atoms with E-state index in [1.807, 2.05) is 0 Å². The first kappa shape index (κ1) is 53.7. The summed E-state index contributed by atoms with van der Waals surface area (Å²) in [5.74, 6) is 0.275. The highest BCUT2D eigenvalue weighted by atomic mass is 15.1. The van der Waals surface area contributed by atoms with Gasteiger partial charge in [0.1, 0.15) is 0 Å². The average molecular weight is 1150 g/mol. The van der Waals surface area contributed by atoms with Crippen LogP contribution in [0.3, 0.4) is 0 Å². The molecule has 0 aromatic heterocycles. The predicted molar refractivity (Wildman–Crippen MR) is 383 cm³/mol. The van der Waals surface area contributed by atoms with Crippen molar-refractivity contribution in [2.45, 2.75) is 63.7 Å². The molecule has 0 fully saturated rings. The topological polar surface area (TPSA) is 6.48 Å². The fraction of sp³-hybridized carbons (Fsp3) is 0.114. The van der Waals surface area contributed by atoms with E-state index >= 15 is 0 Å². The van der Waals surface area contributed by atoms with Crippen LogP contribution in [0.4, 0.5) is 28.4 Å². The highest BCUT2D eigenvalue weighted by Crippen LogP contribution is 2.54. The van der Waals surface area contributed by atoms with Gasteiger partial charge in [-0.25, -0.2) is 0 Å². The predicted octanol–water partition coefficient (Wildman–Crippen LogP) is 24.2. The third-order valence-electron chi connectivity index (χ3n) is 20.4. The summed E-state index contributed by atoms with van der Waals surface area (Å²) < 4.78 is 0. The molecule has 13 aromatic carbocycles. The minimum atomic E-state index is -0.0783. The molecule has 430 valence electrons. The Morgan fingerprint density at radius 1 is 0.356 bits per heavy atom. The summed E-state index contributed by atoms with van der Waals surface area (Å²) in [6.07, 6.45) is 15.2. The van der Waals surface area contributed by atoms with Gasteiger partial charge in [-0.15, -0.1) is 0 Å². The van der Waals surface area contributed by atoms with Gasteiger partial charge in [0.15, 0.2) is 0 Å². The van der Waals surface area contributed by atoms with Crippen LogP contribution in [0.1, 0.15) is 80.7 Å². The molecule has 2 heteroatoms. The van der Waals surface area contributed by atoms with Crippen molar-refractivity contribution in [3.63, 3.8) is 0 Å². The molecule has 0 heterocycles. The maximum absolute atomic E-state index is 2.52. The van der Waals surface area contributed by atoms with Crippen LogP contribution >= 0.6 is 0 Å². The van der Waals surface area contributed by atoms with E-state index in [-0.39, 0.29) is 16.7 Å². The smallest absolute Gasteiger partial charge is 0.0468 e. The van der Waals surface area contributed by atoms with E-state index < -0.39 is 0 Å². The van der Waals surface area contributed by atoms with Crippen molar-refractivity contribution in [2.75, 3.05) is 9.80 Å². The van der Waals surface area contributed by atoms with Crippen LogP contribution in [-0.2, 0) is 10.8 Å². The number of allylic oxidation sites excluding steroid dienone is 7. The largest absolute Gasteiger partial charge is 0.311 e. The summed E-state index contributed by atoms with van der Waals surface area (Å²) in [6.45, 7) is 9.58. The second-order valence-electron chi connectivity index (χ2n) is 26.2. The second kappa shape index (κ2) is 21.1. The molecule has 0 bridgehead atoms. The third-order valence-corrected chi connectivity index (χ3v) is 20.4. The van der Waals surface area contributed by atoms with E-state index in [2.05, 4.69) is 335 Å². The molecular formula is C88H68N2. The number of rotatable bonds is 10. The Bertz CT molecular complexity index is 5210. The third kappa shape index (κ3) is 8.75. The Kier molecular flexibility index (Phi) is 12.6. The highest BCUT2D eigenvalue weighted by molar-refractivity contribution is 6.23. The van der Waals surface area contributed by atoms with Crippen molar-refractivity contribution in [3.8, 4) is 44.5 Å². The van der Waals surface area contributed by atoms with Crippen molar-refractivity contribution in [2.24, 2.45) is 0 Å². The Morgan fingerprint density at radius 3 is 1.52 bits per heavy atom. The molecule has 0 spiro atoms. The summed E-state index contributed by atoms with van der Waals surface area (Å²) in [6, 6.07) is 100. The van der Waals surface area contributed by atoms with Crippen LogP contribution in [0.15, 0.2) is 309 Å². The van der Waals surface area contributed by atoms with E-state index in [9.17, 15) is 0 Å². The standard InChI is InChI=1S/C88H68N2/c1-87(2)81-29-17-15-27-73(81)75-47-39-63(53-83(75)87)59-35-41-69(42-36-59)89(67-23-7-5-8-24-67)71-45-49-77-79(55-71)85(65-33-31-57-19-11-13-21-61(57)51-65)78-50-46-72(56-80(78)86(77)66-34-32-58-20-12-14-22-62(58)52-66)90(68-25-9-6-10-26-68)70-43-37-60(38-44-70)64-40-48-76-74-28-16-18-30-82(74)88(3,4)84(76)54-64/h5-17,19-29,31-37,39-56,60H,18,30,38H2,1-4H3. The normalized spacial score (nSPS) is 15.9. The van der Waals surface area contributed by atoms with Crippen LogP contribution in [0.5, 0.6) is 0 Å². The van der Waals surface area contributed by atoms with Gasteiger partial charge in [-0.05, 0) is 225 Å². The van der Waals surface area contributed by atoms with Crippen molar-refractivity contribution in [3.05, 3.63) is 336 Å². The van der Waals surface area contributed by atoms with Gasteiger partial charge in [0.2, 0.25) is 0 Å². The van der Waals surface area contributed by atoms with Crippen LogP contribution in [0.2, 0.25) is 0 Å². The summed E-state index contributed by atoms with van der Waals surface area (Å²) in [5, 5.41) is 9.66. The zero-order chi connectivity index (χ0) is 60.2. The van der Waals surface area contributed by atoms with E-state index in [4.69, 9.17) is 0 Å². The summed E-state index contributed by atoms with van der Waals surface area (Å²) in [5.41, 5.74) is 26.6. The molecule has 0 aliphatic heterocycles. The zero-order valence-electron chi connectivity index (χ0n) is 51.4. The first-order valence-electron chi connectivity index (χ1n) is 32.1.